The number of amidine groups is 1. The fourth-order valence-corrected chi connectivity index (χ4v) is 2.35. The van der Waals surface area contributed by atoms with E-state index in [2.05, 4.69) is 6.92 Å². The summed E-state index contributed by atoms with van der Waals surface area (Å²) >= 11 is 0. The largest absolute Gasteiger partial charge is 0.359 e. The molecule has 0 aromatic heterocycles. The van der Waals surface area contributed by atoms with Gasteiger partial charge >= 0.3 is 0 Å². The number of nitrogens with one attached hydrogen (secondary N) is 1. The van der Waals surface area contributed by atoms with E-state index in [9.17, 15) is 4.21 Å². The van der Waals surface area contributed by atoms with Gasteiger partial charge in [-0.25, -0.2) is 0 Å². The van der Waals surface area contributed by atoms with E-state index in [1.54, 1.807) is 0 Å². The molecular weight excluding hydrogens is 172 g/mol. The third kappa shape index (κ3) is 2.59. The molecule has 70 valence electrons. The van der Waals surface area contributed by atoms with Crippen LogP contribution >= 0.6 is 0 Å². The molecule has 1 aliphatic rings. The van der Waals surface area contributed by atoms with E-state index in [1.807, 2.05) is 4.90 Å². The third-order valence-corrected chi connectivity index (χ3v) is 3.32. The fraction of sp³-hybridized carbons (Fsp3) is 0.875. The third-order valence-electron chi connectivity index (χ3n) is 2.05. The summed E-state index contributed by atoms with van der Waals surface area (Å²) in [5.74, 6) is 2.20. The highest BCUT2D eigenvalue weighted by Gasteiger charge is 2.16. The van der Waals surface area contributed by atoms with Crippen molar-refractivity contribution in [1.29, 1.82) is 5.41 Å². The van der Waals surface area contributed by atoms with Gasteiger partial charge in [-0.2, -0.15) is 0 Å². The molecule has 0 aromatic carbocycles. The van der Waals surface area contributed by atoms with Crippen LogP contribution in [0.4, 0.5) is 0 Å². The number of rotatable bonds is 2. The quantitative estimate of drug-likeness (QED) is 0.515. The van der Waals surface area contributed by atoms with Gasteiger partial charge in [-0.05, 0) is 6.42 Å². The molecule has 0 spiro atoms. The maximum absolute atomic E-state index is 11.0. The van der Waals surface area contributed by atoms with E-state index in [1.165, 1.54) is 0 Å². The molecule has 1 rings (SSSR count). The van der Waals surface area contributed by atoms with Crippen LogP contribution in [-0.4, -0.2) is 39.5 Å². The van der Waals surface area contributed by atoms with Gasteiger partial charge in [-0.3, -0.25) is 9.62 Å². The molecule has 12 heavy (non-hydrogen) atoms. The first kappa shape index (κ1) is 9.71. The monoisotopic (exact) mass is 188 g/mol. The molecule has 1 heterocycles. The van der Waals surface area contributed by atoms with E-state index in [0.29, 0.717) is 5.84 Å². The van der Waals surface area contributed by atoms with Gasteiger partial charge in [0.25, 0.3) is 0 Å². The fourth-order valence-electron chi connectivity index (χ4n) is 1.30. The summed E-state index contributed by atoms with van der Waals surface area (Å²) in [4.78, 5) is 2.05. The highest BCUT2D eigenvalue weighted by molar-refractivity contribution is 7.85. The average Bonchev–Trinajstić information content (AvgIpc) is 2.06. The van der Waals surface area contributed by atoms with Crippen LogP contribution in [0.15, 0.2) is 0 Å². The molecule has 1 aliphatic heterocycles. The Balaban J connectivity index is 2.33. The predicted molar refractivity (Wildman–Crippen MR) is 52.1 cm³/mol. The molecule has 0 saturated carbocycles. The van der Waals surface area contributed by atoms with Gasteiger partial charge < -0.3 is 4.90 Å². The van der Waals surface area contributed by atoms with Crippen LogP contribution in [0.2, 0.25) is 0 Å². The van der Waals surface area contributed by atoms with Gasteiger partial charge in [0.15, 0.2) is 0 Å². The maximum Gasteiger partial charge on any atom is 0.0958 e. The molecule has 1 fully saturated rings. The zero-order valence-electron chi connectivity index (χ0n) is 7.51. The summed E-state index contributed by atoms with van der Waals surface area (Å²) in [6.07, 6.45) is 1.88. The second-order valence-corrected chi connectivity index (χ2v) is 4.73. The van der Waals surface area contributed by atoms with Crippen molar-refractivity contribution in [2.75, 3.05) is 24.6 Å². The summed E-state index contributed by atoms with van der Waals surface area (Å²) in [6, 6.07) is 0. The van der Waals surface area contributed by atoms with Crippen LogP contribution in [-0.2, 0) is 10.8 Å². The smallest absolute Gasteiger partial charge is 0.0958 e. The van der Waals surface area contributed by atoms with E-state index in [4.69, 9.17) is 5.41 Å². The van der Waals surface area contributed by atoms with Crippen molar-refractivity contribution >= 4 is 16.6 Å². The molecule has 1 N–H and O–H groups in total. The van der Waals surface area contributed by atoms with E-state index in [0.717, 1.165) is 37.4 Å². The highest BCUT2D eigenvalue weighted by atomic mass is 32.2. The molecule has 0 amide bonds. The number of nitrogens with zero attached hydrogens (tertiary/aromatic N) is 1. The summed E-state index contributed by atoms with van der Waals surface area (Å²) < 4.78 is 11.0. The Morgan fingerprint density at radius 3 is 2.58 bits per heavy atom. The lowest BCUT2D eigenvalue weighted by molar-refractivity contribution is 0.441. The molecule has 0 radical (unpaired) electrons. The van der Waals surface area contributed by atoms with Gasteiger partial charge in [0.2, 0.25) is 0 Å². The van der Waals surface area contributed by atoms with Crippen LogP contribution in [0.1, 0.15) is 19.8 Å². The van der Waals surface area contributed by atoms with Crippen molar-refractivity contribution in [2.24, 2.45) is 0 Å². The van der Waals surface area contributed by atoms with Crippen LogP contribution in [0.3, 0.4) is 0 Å². The average molecular weight is 188 g/mol. The van der Waals surface area contributed by atoms with E-state index < -0.39 is 10.8 Å². The van der Waals surface area contributed by atoms with Crippen LogP contribution in [0.25, 0.3) is 0 Å². The predicted octanol–water partition coefficient (Wildman–Crippen LogP) is 0.828. The zero-order chi connectivity index (χ0) is 8.97. The van der Waals surface area contributed by atoms with Gasteiger partial charge in [0.1, 0.15) is 0 Å². The van der Waals surface area contributed by atoms with Crippen LogP contribution in [0.5, 0.6) is 0 Å². The normalized spacial score (nSPS) is 19.6. The lowest BCUT2D eigenvalue weighted by Crippen LogP contribution is -2.41. The lowest BCUT2D eigenvalue weighted by atomic mass is 10.3. The number of hydrogen-bond donors (Lipinski definition) is 1. The Morgan fingerprint density at radius 1 is 1.50 bits per heavy atom. The minimum Gasteiger partial charge on any atom is -0.359 e. The van der Waals surface area contributed by atoms with Crippen LogP contribution < -0.4 is 0 Å². The molecule has 0 aromatic rings. The Kier molecular flexibility index (Phi) is 3.72. The van der Waals surface area contributed by atoms with Crippen LogP contribution in [0, 0.1) is 5.41 Å². The second kappa shape index (κ2) is 4.60. The Morgan fingerprint density at radius 2 is 2.08 bits per heavy atom. The Labute approximate surface area is 76.1 Å². The summed E-state index contributed by atoms with van der Waals surface area (Å²) in [5.41, 5.74) is 0. The van der Waals surface area contributed by atoms with Crippen molar-refractivity contribution in [1.82, 2.24) is 4.90 Å². The molecule has 0 aliphatic carbocycles. The van der Waals surface area contributed by atoms with Crippen molar-refractivity contribution in [3.8, 4) is 0 Å². The topological polar surface area (TPSA) is 44.2 Å². The van der Waals surface area contributed by atoms with E-state index >= 15 is 0 Å². The Hall–Kier alpha value is -0.380. The molecular formula is C8H16N2OS. The first-order chi connectivity index (χ1) is 5.74. The highest BCUT2D eigenvalue weighted by Crippen LogP contribution is 2.03. The second-order valence-electron chi connectivity index (χ2n) is 3.03. The maximum atomic E-state index is 11.0. The summed E-state index contributed by atoms with van der Waals surface area (Å²) in [5, 5.41) is 7.68. The Bertz CT molecular complexity index is 183. The van der Waals surface area contributed by atoms with Crippen molar-refractivity contribution < 1.29 is 4.21 Å². The van der Waals surface area contributed by atoms with Crippen molar-refractivity contribution in [3.63, 3.8) is 0 Å². The van der Waals surface area contributed by atoms with Gasteiger partial charge in [-0.15, -0.1) is 0 Å². The van der Waals surface area contributed by atoms with E-state index in [-0.39, 0.29) is 0 Å². The molecule has 0 atom stereocenters. The summed E-state index contributed by atoms with van der Waals surface area (Å²) in [7, 11) is -0.620. The van der Waals surface area contributed by atoms with Crippen molar-refractivity contribution in [3.05, 3.63) is 0 Å². The number of hydrogen-bond acceptors (Lipinski definition) is 2. The zero-order valence-corrected chi connectivity index (χ0v) is 8.32. The van der Waals surface area contributed by atoms with Gasteiger partial charge in [-0.1, -0.05) is 6.92 Å². The molecule has 1 saturated heterocycles. The minimum atomic E-state index is -0.620. The van der Waals surface area contributed by atoms with Crippen molar-refractivity contribution in [2.45, 2.75) is 19.8 Å². The molecule has 0 bridgehead atoms. The lowest BCUT2D eigenvalue weighted by Gasteiger charge is -2.28. The molecule has 4 heteroatoms. The summed E-state index contributed by atoms with van der Waals surface area (Å²) in [6.45, 7) is 3.70. The van der Waals surface area contributed by atoms with Gasteiger partial charge in [0, 0.05) is 41.8 Å². The first-order valence-corrected chi connectivity index (χ1v) is 5.90. The minimum absolute atomic E-state index is 0.620. The molecule has 0 unspecified atom stereocenters. The van der Waals surface area contributed by atoms with Gasteiger partial charge in [0.05, 0.1) is 5.84 Å². The standard InChI is InChI=1S/C8H16N2OS/c1-2-3-8(9)10-4-6-12(11)7-5-10/h9H,2-7H2,1H3. The SMILES string of the molecule is CCCC(=N)N1CCS(=O)CC1. The molecule has 3 nitrogen and oxygen atoms in total. The first-order valence-electron chi connectivity index (χ1n) is 4.41.